The maximum Gasteiger partial charge on any atom is 0.262 e. The van der Waals surface area contributed by atoms with Gasteiger partial charge in [0, 0.05) is 14.1 Å². The summed E-state index contributed by atoms with van der Waals surface area (Å²) in [4.78, 5) is 47.4. The largest absolute Gasteiger partial charge is 0.277 e. The molecule has 0 bridgehead atoms. The molecule has 0 atom stereocenters. The Hall–Kier alpha value is -2.50. The molecule has 18 heavy (non-hydrogen) atoms. The first-order valence-electron chi connectivity index (χ1n) is 5.27. The molecule has 0 saturated heterocycles. The molecular formula is C12H8N2O4. The Kier molecular flexibility index (Phi) is 1.80. The molecule has 2 heterocycles. The summed E-state index contributed by atoms with van der Waals surface area (Å²) in [6, 6.07) is 2.84. The van der Waals surface area contributed by atoms with Crippen molar-refractivity contribution >= 4 is 21.5 Å². The van der Waals surface area contributed by atoms with Crippen LogP contribution in [0.25, 0.3) is 21.5 Å². The molecule has 0 aliphatic carbocycles. The van der Waals surface area contributed by atoms with Crippen LogP contribution >= 0.6 is 0 Å². The van der Waals surface area contributed by atoms with Gasteiger partial charge >= 0.3 is 0 Å². The second-order valence-corrected chi connectivity index (χ2v) is 4.25. The van der Waals surface area contributed by atoms with E-state index in [9.17, 15) is 19.2 Å². The number of aromatic nitrogens is 2. The predicted molar refractivity (Wildman–Crippen MR) is 66.8 cm³/mol. The van der Waals surface area contributed by atoms with Crippen LogP contribution in [0.15, 0.2) is 31.3 Å². The lowest BCUT2D eigenvalue weighted by Crippen LogP contribution is -2.22. The van der Waals surface area contributed by atoms with Gasteiger partial charge in [-0.3, -0.25) is 28.3 Å². The topological polar surface area (TPSA) is 78.1 Å². The van der Waals surface area contributed by atoms with E-state index >= 15 is 0 Å². The Morgan fingerprint density at radius 3 is 1.33 bits per heavy atom. The highest BCUT2D eigenvalue weighted by Gasteiger charge is 2.19. The lowest BCUT2D eigenvalue weighted by molar-refractivity contribution is 0.853. The molecule has 6 nitrogen and oxygen atoms in total. The Labute approximate surface area is 99.0 Å². The zero-order valence-electron chi connectivity index (χ0n) is 9.68. The average molecular weight is 244 g/mol. The lowest BCUT2D eigenvalue weighted by Gasteiger charge is -1.87. The number of benzene rings is 1. The van der Waals surface area contributed by atoms with Gasteiger partial charge in [0.05, 0.1) is 21.5 Å². The molecule has 0 N–H and O–H groups in total. The number of rotatable bonds is 0. The van der Waals surface area contributed by atoms with Crippen LogP contribution in [0.3, 0.4) is 0 Å². The Morgan fingerprint density at radius 1 is 0.667 bits per heavy atom. The van der Waals surface area contributed by atoms with Gasteiger partial charge in [-0.15, -0.1) is 0 Å². The summed E-state index contributed by atoms with van der Waals surface area (Å²) in [5.74, 6) is 0. The van der Waals surface area contributed by atoms with Crippen molar-refractivity contribution in [2.75, 3.05) is 0 Å². The first-order chi connectivity index (χ1) is 8.45. The van der Waals surface area contributed by atoms with Crippen LogP contribution in [0.1, 0.15) is 0 Å². The van der Waals surface area contributed by atoms with Gasteiger partial charge in [-0.25, -0.2) is 0 Å². The minimum Gasteiger partial charge on any atom is -0.277 e. The highest BCUT2D eigenvalue weighted by Crippen LogP contribution is 2.15. The zero-order valence-corrected chi connectivity index (χ0v) is 9.68. The van der Waals surface area contributed by atoms with Crippen molar-refractivity contribution in [3.8, 4) is 0 Å². The van der Waals surface area contributed by atoms with E-state index in [1.165, 1.54) is 26.2 Å². The predicted octanol–water partition coefficient (Wildman–Crippen LogP) is -1.01. The molecule has 0 saturated carbocycles. The smallest absolute Gasteiger partial charge is 0.262 e. The van der Waals surface area contributed by atoms with Crippen LogP contribution in [-0.2, 0) is 14.1 Å². The summed E-state index contributed by atoms with van der Waals surface area (Å²) in [5.41, 5.74) is -1.98. The van der Waals surface area contributed by atoms with Gasteiger partial charge < -0.3 is 0 Å². The fourth-order valence-corrected chi connectivity index (χ4v) is 2.28. The van der Waals surface area contributed by atoms with Gasteiger partial charge in [-0.1, -0.05) is 0 Å². The quantitative estimate of drug-likeness (QED) is 0.507. The highest BCUT2D eigenvalue weighted by molar-refractivity contribution is 6.06. The van der Waals surface area contributed by atoms with Gasteiger partial charge in [0.15, 0.2) is 0 Å². The van der Waals surface area contributed by atoms with Gasteiger partial charge in [0.1, 0.15) is 0 Å². The molecule has 0 radical (unpaired) electrons. The molecule has 0 unspecified atom stereocenters. The van der Waals surface area contributed by atoms with Crippen molar-refractivity contribution in [1.82, 2.24) is 9.13 Å². The van der Waals surface area contributed by atoms with E-state index in [1.54, 1.807) is 0 Å². The molecule has 0 fully saturated rings. The summed E-state index contributed by atoms with van der Waals surface area (Å²) in [7, 11) is 2.70. The van der Waals surface area contributed by atoms with Crippen LogP contribution in [0.5, 0.6) is 0 Å². The molecule has 6 heteroatoms. The van der Waals surface area contributed by atoms with Crippen LogP contribution in [-0.4, -0.2) is 9.13 Å². The van der Waals surface area contributed by atoms with Crippen molar-refractivity contribution in [3.63, 3.8) is 0 Å². The second-order valence-electron chi connectivity index (χ2n) is 4.25. The minimum absolute atomic E-state index is 0.0442. The van der Waals surface area contributed by atoms with E-state index < -0.39 is 22.2 Å². The highest BCUT2D eigenvalue weighted by atomic mass is 16.2. The van der Waals surface area contributed by atoms with Crippen molar-refractivity contribution in [2.24, 2.45) is 14.1 Å². The summed E-state index contributed by atoms with van der Waals surface area (Å²) >= 11 is 0. The molecule has 0 amide bonds. The normalized spacial score (nSPS) is 11.7. The molecule has 1 aromatic carbocycles. The molecule has 3 aromatic rings. The average Bonchev–Trinajstić information content (AvgIpc) is 2.72. The summed E-state index contributed by atoms with van der Waals surface area (Å²) in [6.07, 6.45) is 0. The maximum absolute atomic E-state index is 11.9. The standard InChI is InChI=1S/C12H8N2O4/c1-13-9(15)5-3-4-6-8(7(5)11(13)17)12(18)14(2)10(6)16/h3-4H,1-2H3. The number of hydrogen-bond acceptors (Lipinski definition) is 4. The third-order valence-corrected chi connectivity index (χ3v) is 3.31. The fourth-order valence-electron chi connectivity index (χ4n) is 2.28. The van der Waals surface area contributed by atoms with Crippen LogP contribution in [0, 0.1) is 0 Å². The van der Waals surface area contributed by atoms with Crippen molar-refractivity contribution < 1.29 is 0 Å². The third kappa shape index (κ3) is 0.976. The summed E-state index contributed by atoms with van der Waals surface area (Å²) in [6.45, 7) is 0. The molecule has 90 valence electrons. The molecule has 0 spiro atoms. The first kappa shape index (κ1) is 10.6. The van der Waals surface area contributed by atoms with Gasteiger partial charge in [0.2, 0.25) is 0 Å². The van der Waals surface area contributed by atoms with E-state index in [0.29, 0.717) is 0 Å². The van der Waals surface area contributed by atoms with E-state index in [1.807, 2.05) is 0 Å². The Bertz CT molecular complexity index is 930. The maximum atomic E-state index is 11.9. The second kappa shape index (κ2) is 3.04. The Balaban J connectivity index is 2.90. The van der Waals surface area contributed by atoms with Gasteiger partial charge in [0.25, 0.3) is 22.2 Å². The number of nitrogens with zero attached hydrogens (tertiary/aromatic N) is 2. The number of fused-ring (bicyclic) bond motifs is 3. The molecule has 3 rings (SSSR count). The summed E-state index contributed by atoms with van der Waals surface area (Å²) < 4.78 is 1.89. The van der Waals surface area contributed by atoms with E-state index in [-0.39, 0.29) is 21.5 Å². The van der Waals surface area contributed by atoms with Crippen molar-refractivity contribution in [2.45, 2.75) is 0 Å². The SMILES string of the molecule is Cn1c(=O)c2ccc3c(=O)n(C)c(=O)c3c2c1=O. The first-order valence-corrected chi connectivity index (χ1v) is 5.27. The van der Waals surface area contributed by atoms with E-state index in [0.717, 1.165) is 9.13 Å². The number of hydrogen-bond donors (Lipinski definition) is 0. The van der Waals surface area contributed by atoms with Crippen LogP contribution in [0.4, 0.5) is 0 Å². The monoisotopic (exact) mass is 244 g/mol. The summed E-state index contributed by atoms with van der Waals surface area (Å²) in [5, 5.41) is 0.445. The minimum atomic E-state index is -0.539. The van der Waals surface area contributed by atoms with Crippen LogP contribution < -0.4 is 22.2 Å². The Morgan fingerprint density at radius 2 is 1.00 bits per heavy atom. The lowest BCUT2D eigenvalue weighted by atomic mass is 10.1. The van der Waals surface area contributed by atoms with E-state index in [4.69, 9.17) is 0 Å². The van der Waals surface area contributed by atoms with E-state index in [2.05, 4.69) is 0 Å². The van der Waals surface area contributed by atoms with Crippen molar-refractivity contribution in [1.29, 1.82) is 0 Å². The molecule has 0 aliphatic rings. The van der Waals surface area contributed by atoms with Crippen LogP contribution in [0.2, 0.25) is 0 Å². The van der Waals surface area contributed by atoms with Gasteiger partial charge in [-0.2, -0.15) is 0 Å². The zero-order chi connectivity index (χ0) is 13.2. The van der Waals surface area contributed by atoms with Crippen molar-refractivity contribution in [3.05, 3.63) is 53.5 Å². The van der Waals surface area contributed by atoms with Gasteiger partial charge in [-0.05, 0) is 12.1 Å². The molecule has 2 aromatic heterocycles. The fraction of sp³-hybridized carbons (Fsp3) is 0.167. The molecule has 0 aliphatic heterocycles. The molecular weight excluding hydrogens is 236 g/mol. The third-order valence-electron chi connectivity index (χ3n) is 3.31.